The molecule has 0 aliphatic rings. The van der Waals surface area contributed by atoms with Crippen molar-refractivity contribution >= 4 is 12.2 Å². The van der Waals surface area contributed by atoms with Crippen LogP contribution in [-0.4, -0.2) is 9.97 Å². The fourth-order valence-corrected chi connectivity index (χ4v) is 1.82. The van der Waals surface area contributed by atoms with E-state index in [1.54, 1.807) is 0 Å². The lowest BCUT2D eigenvalue weighted by atomic mass is 10.1. The number of hydrogen-bond acceptors (Lipinski definition) is 2. The second-order valence-electron chi connectivity index (χ2n) is 4.06. The molecule has 0 unspecified atom stereocenters. The average Bonchev–Trinajstić information content (AvgIpc) is 2.36. The first-order valence-corrected chi connectivity index (χ1v) is 5.84. The first kappa shape index (κ1) is 15.5. The van der Waals surface area contributed by atoms with E-state index in [1.807, 2.05) is 4.98 Å². The van der Waals surface area contributed by atoms with Crippen molar-refractivity contribution in [2.75, 3.05) is 0 Å². The Balaban J connectivity index is 2.58. The quantitative estimate of drug-likeness (QED) is 0.600. The van der Waals surface area contributed by atoms with E-state index in [1.165, 1.54) is 6.07 Å². The Morgan fingerprint density at radius 2 is 1.62 bits per heavy atom. The average molecular weight is 324 g/mol. The van der Waals surface area contributed by atoms with E-state index in [0.717, 1.165) is 24.3 Å². The number of halogens is 6. The zero-order valence-corrected chi connectivity index (χ0v) is 10.8. The Bertz CT molecular complexity index is 717. The lowest BCUT2D eigenvalue weighted by Gasteiger charge is -2.11. The van der Waals surface area contributed by atoms with Crippen molar-refractivity contribution in [3.8, 4) is 11.3 Å². The zero-order chi connectivity index (χ0) is 15.8. The molecule has 2 rings (SSSR count). The first-order valence-electron chi connectivity index (χ1n) is 5.43. The Morgan fingerprint density at radius 3 is 2.19 bits per heavy atom. The second kappa shape index (κ2) is 5.14. The van der Waals surface area contributed by atoms with Crippen LogP contribution in [0.2, 0.25) is 0 Å². The molecule has 1 aromatic heterocycles. The number of nitrogens with zero attached hydrogens (tertiary/aromatic N) is 1. The Kier molecular flexibility index (Phi) is 3.79. The molecular formula is C12H6F6N2S. The first-order chi connectivity index (χ1) is 9.57. The van der Waals surface area contributed by atoms with Gasteiger partial charge in [0, 0.05) is 5.69 Å². The highest BCUT2D eigenvalue weighted by molar-refractivity contribution is 7.71. The maximum atomic E-state index is 12.6. The molecule has 9 heteroatoms. The molecule has 0 saturated heterocycles. The van der Waals surface area contributed by atoms with Crippen LogP contribution in [0.15, 0.2) is 30.3 Å². The van der Waals surface area contributed by atoms with Crippen molar-refractivity contribution in [3.63, 3.8) is 0 Å². The third kappa shape index (κ3) is 3.60. The molecule has 0 saturated carbocycles. The van der Waals surface area contributed by atoms with E-state index in [0.29, 0.717) is 0 Å². The van der Waals surface area contributed by atoms with Crippen molar-refractivity contribution in [2.24, 2.45) is 0 Å². The predicted octanol–water partition coefficient (Wildman–Crippen LogP) is 4.84. The van der Waals surface area contributed by atoms with Gasteiger partial charge in [-0.15, -0.1) is 0 Å². The van der Waals surface area contributed by atoms with Gasteiger partial charge in [-0.3, -0.25) is 0 Å². The minimum absolute atomic E-state index is 0.0659. The van der Waals surface area contributed by atoms with Crippen LogP contribution in [0, 0.1) is 4.64 Å². The minimum atomic E-state index is -4.77. The third-order valence-corrected chi connectivity index (χ3v) is 2.72. The second-order valence-corrected chi connectivity index (χ2v) is 4.48. The molecule has 21 heavy (non-hydrogen) atoms. The van der Waals surface area contributed by atoms with Gasteiger partial charge in [-0.25, -0.2) is 4.98 Å². The molecule has 0 fully saturated rings. The van der Waals surface area contributed by atoms with Crippen LogP contribution in [0.1, 0.15) is 11.4 Å². The number of H-pyrrole nitrogens is 1. The maximum Gasteiger partial charge on any atom is 0.449 e. The summed E-state index contributed by atoms with van der Waals surface area (Å²) in [6, 6.07) is 4.98. The van der Waals surface area contributed by atoms with Crippen LogP contribution >= 0.6 is 12.2 Å². The van der Waals surface area contributed by atoms with Crippen LogP contribution in [0.5, 0.6) is 0 Å². The van der Waals surface area contributed by atoms with E-state index in [9.17, 15) is 26.3 Å². The predicted molar refractivity (Wildman–Crippen MR) is 64.9 cm³/mol. The van der Waals surface area contributed by atoms with E-state index in [-0.39, 0.29) is 15.9 Å². The summed E-state index contributed by atoms with van der Waals surface area (Å²) < 4.78 is 75.3. The van der Waals surface area contributed by atoms with Crippen molar-refractivity contribution in [1.82, 2.24) is 9.97 Å². The molecule has 2 aromatic rings. The van der Waals surface area contributed by atoms with Crippen LogP contribution < -0.4 is 0 Å². The van der Waals surface area contributed by atoms with Gasteiger partial charge in [-0.05, 0) is 23.8 Å². The Hall–Kier alpha value is -1.90. The molecule has 0 spiro atoms. The summed E-state index contributed by atoms with van der Waals surface area (Å²) in [5, 5.41) is 0. The number of aromatic nitrogens is 2. The molecule has 0 aliphatic carbocycles. The van der Waals surface area contributed by atoms with Crippen molar-refractivity contribution in [2.45, 2.75) is 12.4 Å². The Morgan fingerprint density at radius 1 is 0.952 bits per heavy atom. The molecule has 1 N–H and O–H groups in total. The summed E-state index contributed by atoms with van der Waals surface area (Å²) in [6.07, 6.45) is -9.36. The van der Waals surface area contributed by atoms with Crippen molar-refractivity contribution < 1.29 is 26.3 Å². The van der Waals surface area contributed by atoms with Gasteiger partial charge in [0.1, 0.15) is 4.64 Å². The fraction of sp³-hybridized carbons (Fsp3) is 0.167. The molecular weight excluding hydrogens is 318 g/mol. The fourth-order valence-electron chi connectivity index (χ4n) is 1.61. The molecule has 0 amide bonds. The van der Waals surface area contributed by atoms with E-state index < -0.39 is 23.7 Å². The Labute approximate surface area is 119 Å². The largest absolute Gasteiger partial charge is 0.449 e. The van der Waals surface area contributed by atoms with Gasteiger partial charge in [-0.1, -0.05) is 24.4 Å². The van der Waals surface area contributed by atoms with E-state index in [4.69, 9.17) is 0 Å². The summed E-state index contributed by atoms with van der Waals surface area (Å²) in [5.41, 5.74) is -1.22. The number of nitrogens with one attached hydrogen (secondary N) is 1. The number of rotatable bonds is 1. The molecule has 112 valence electrons. The van der Waals surface area contributed by atoms with Gasteiger partial charge in [0.15, 0.2) is 0 Å². The summed E-state index contributed by atoms with van der Waals surface area (Å²) in [7, 11) is 0. The number of hydrogen-bond donors (Lipinski definition) is 1. The summed E-state index contributed by atoms with van der Waals surface area (Å²) in [5.74, 6) is -1.36. The molecule has 0 radical (unpaired) electrons. The molecule has 0 aliphatic heterocycles. The molecule has 1 heterocycles. The van der Waals surface area contributed by atoms with Crippen molar-refractivity contribution in [1.29, 1.82) is 0 Å². The maximum absolute atomic E-state index is 12.6. The SMILES string of the molecule is FC(F)(F)c1cccc(-c2cc(=S)nc(C(F)(F)F)[nH]2)c1. The molecule has 0 atom stereocenters. The standard InChI is InChI=1S/C12H6F6N2S/c13-11(14,15)7-3-1-2-6(4-7)8-5-9(21)20-10(19-8)12(16,17)18/h1-5H,(H,19,20,21). The smallest absolute Gasteiger partial charge is 0.336 e. The summed E-state index contributed by atoms with van der Waals surface area (Å²) >= 11 is 4.61. The van der Waals surface area contributed by atoms with Crippen molar-refractivity contribution in [3.05, 3.63) is 46.4 Å². The minimum Gasteiger partial charge on any atom is -0.336 e. The lowest BCUT2D eigenvalue weighted by molar-refractivity contribution is -0.145. The van der Waals surface area contributed by atoms with Gasteiger partial charge in [-0.2, -0.15) is 26.3 Å². The summed E-state index contributed by atoms with van der Waals surface area (Å²) in [4.78, 5) is 5.06. The highest BCUT2D eigenvalue weighted by atomic mass is 32.1. The highest BCUT2D eigenvalue weighted by Gasteiger charge is 2.34. The normalized spacial score (nSPS) is 12.5. The molecule has 0 bridgehead atoms. The molecule has 2 nitrogen and oxygen atoms in total. The van der Waals surface area contributed by atoms with Crippen LogP contribution in [0.4, 0.5) is 26.3 Å². The highest BCUT2D eigenvalue weighted by Crippen LogP contribution is 2.32. The number of benzene rings is 1. The zero-order valence-electron chi connectivity index (χ0n) is 10.0. The van der Waals surface area contributed by atoms with Crippen LogP contribution in [0.25, 0.3) is 11.3 Å². The molecule has 1 aromatic carbocycles. The number of alkyl halides is 6. The third-order valence-electron chi connectivity index (χ3n) is 2.51. The van der Waals surface area contributed by atoms with Gasteiger partial charge >= 0.3 is 12.4 Å². The summed E-state index contributed by atoms with van der Waals surface area (Å²) in [6.45, 7) is 0. The van der Waals surface area contributed by atoms with E-state index >= 15 is 0 Å². The van der Waals surface area contributed by atoms with Gasteiger partial charge in [0.25, 0.3) is 0 Å². The monoisotopic (exact) mass is 324 g/mol. The van der Waals surface area contributed by atoms with E-state index in [2.05, 4.69) is 17.2 Å². The van der Waals surface area contributed by atoms with Gasteiger partial charge in [0.05, 0.1) is 5.56 Å². The topological polar surface area (TPSA) is 28.7 Å². The van der Waals surface area contributed by atoms with Crippen LogP contribution in [0.3, 0.4) is 0 Å². The van der Waals surface area contributed by atoms with Crippen LogP contribution in [-0.2, 0) is 12.4 Å². The number of aromatic amines is 1. The lowest BCUT2D eigenvalue weighted by Crippen LogP contribution is -2.11. The van der Waals surface area contributed by atoms with Gasteiger partial charge < -0.3 is 4.98 Å². The van der Waals surface area contributed by atoms with Gasteiger partial charge in [0.2, 0.25) is 5.82 Å².